The number of halogens is 4. The summed E-state index contributed by atoms with van der Waals surface area (Å²) in [5.41, 5.74) is -1.89. The summed E-state index contributed by atoms with van der Waals surface area (Å²) in [7, 11) is 1.39. The minimum atomic E-state index is -4.79. The van der Waals surface area contributed by atoms with E-state index in [1.165, 1.54) is 43.5 Å². The number of amides is 4. The summed E-state index contributed by atoms with van der Waals surface area (Å²) in [5, 5.41) is 12.7. The van der Waals surface area contributed by atoms with Gasteiger partial charge >= 0.3 is 12.2 Å². The summed E-state index contributed by atoms with van der Waals surface area (Å²) in [6, 6.07) is 10.8. The highest BCUT2D eigenvalue weighted by Crippen LogP contribution is 2.37. The standard InChI is InChI=1S/C26H17ClF3N3O7/c1-39-18-7-5-15(22(12-18)40-13-14-3-2-4-17(9-14)33(37)38)10-19-23(34)31-25(36)32(24(19)35)21-11-16(26(28,29)30)6-8-20(21)27/h2-12H,13H2,1H3,(H,31,34,36)/b19-10-. The van der Waals surface area contributed by atoms with E-state index >= 15 is 0 Å². The van der Waals surface area contributed by atoms with E-state index in [4.69, 9.17) is 21.1 Å². The van der Waals surface area contributed by atoms with E-state index in [2.05, 4.69) is 0 Å². The van der Waals surface area contributed by atoms with Gasteiger partial charge in [-0.2, -0.15) is 13.2 Å². The highest BCUT2D eigenvalue weighted by atomic mass is 35.5. The molecule has 0 aromatic heterocycles. The number of nitrogens with zero attached hydrogens (tertiary/aromatic N) is 2. The van der Waals surface area contributed by atoms with Gasteiger partial charge in [0.1, 0.15) is 23.7 Å². The predicted octanol–water partition coefficient (Wildman–Crippen LogP) is 5.52. The van der Waals surface area contributed by atoms with Gasteiger partial charge in [-0.05, 0) is 42.0 Å². The molecule has 14 heteroatoms. The number of methoxy groups -OCH3 is 1. The van der Waals surface area contributed by atoms with Crippen LogP contribution in [0.5, 0.6) is 11.5 Å². The molecule has 1 fully saturated rings. The first-order valence-electron chi connectivity index (χ1n) is 11.2. The number of benzene rings is 3. The average molecular weight is 576 g/mol. The molecular weight excluding hydrogens is 559 g/mol. The number of urea groups is 1. The molecule has 40 heavy (non-hydrogen) atoms. The third-order valence-electron chi connectivity index (χ3n) is 5.65. The quantitative estimate of drug-likeness (QED) is 0.170. The van der Waals surface area contributed by atoms with Crippen molar-refractivity contribution in [2.45, 2.75) is 12.8 Å². The smallest absolute Gasteiger partial charge is 0.416 e. The fourth-order valence-electron chi connectivity index (χ4n) is 3.70. The molecule has 1 heterocycles. The first kappa shape index (κ1) is 28.1. The Morgan fingerprint density at radius 1 is 1.07 bits per heavy atom. The van der Waals surface area contributed by atoms with Crippen LogP contribution in [0.2, 0.25) is 5.02 Å². The molecule has 0 atom stereocenters. The van der Waals surface area contributed by atoms with Crippen LogP contribution >= 0.6 is 11.6 Å². The Kier molecular flexibility index (Phi) is 7.77. The highest BCUT2D eigenvalue weighted by Gasteiger charge is 2.39. The van der Waals surface area contributed by atoms with E-state index in [9.17, 15) is 37.7 Å². The maximum absolute atomic E-state index is 13.3. The summed E-state index contributed by atoms with van der Waals surface area (Å²) in [4.78, 5) is 49.3. The molecule has 0 bridgehead atoms. The number of rotatable bonds is 7. The Bertz CT molecular complexity index is 1570. The van der Waals surface area contributed by atoms with Crippen molar-refractivity contribution in [2.24, 2.45) is 0 Å². The summed E-state index contributed by atoms with van der Waals surface area (Å²) < 4.78 is 50.8. The Hall–Kier alpha value is -4.91. The van der Waals surface area contributed by atoms with E-state index in [1.54, 1.807) is 6.07 Å². The zero-order valence-electron chi connectivity index (χ0n) is 20.3. The second-order valence-electron chi connectivity index (χ2n) is 8.24. The molecule has 1 aliphatic rings. The number of alkyl halides is 3. The van der Waals surface area contributed by atoms with Crippen molar-refractivity contribution in [3.05, 3.63) is 98.1 Å². The molecule has 1 N–H and O–H groups in total. The van der Waals surface area contributed by atoms with E-state index < -0.39 is 45.8 Å². The lowest BCUT2D eigenvalue weighted by molar-refractivity contribution is -0.384. The Morgan fingerprint density at radius 3 is 2.50 bits per heavy atom. The zero-order valence-corrected chi connectivity index (χ0v) is 21.1. The molecular formula is C26H17ClF3N3O7. The van der Waals surface area contributed by atoms with Crippen molar-refractivity contribution in [3.8, 4) is 11.5 Å². The van der Waals surface area contributed by atoms with E-state index in [1.807, 2.05) is 5.32 Å². The second kappa shape index (κ2) is 11.1. The number of nitro benzene ring substituents is 1. The fraction of sp³-hybridized carbons (Fsp3) is 0.115. The van der Waals surface area contributed by atoms with Gasteiger partial charge in [0.05, 0.1) is 28.3 Å². The van der Waals surface area contributed by atoms with Gasteiger partial charge in [-0.1, -0.05) is 23.7 Å². The van der Waals surface area contributed by atoms with Gasteiger partial charge in [0, 0.05) is 23.8 Å². The summed E-state index contributed by atoms with van der Waals surface area (Å²) >= 11 is 6.02. The second-order valence-corrected chi connectivity index (χ2v) is 8.65. The van der Waals surface area contributed by atoms with Crippen molar-refractivity contribution in [3.63, 3.8) is 0 Å². The molecule has 4 rings (SSSR count). The lowest BCUT2D eigenvalue weighted by Crippen LogP contribution is -2.54. The number of nitrogens with one attached hydrogen (secondary N) is 1. The molecule has 0 spiro atoms. The molecule has 0 aliphatic carbocycles. The molecule has 0 radical (unpaired) electrons. The Balaban J connectivity index is 1.71. The molecule has 3 aromatic rings. The van der Waals surface area contributed by atoms with Crippen LogP contribution in [0.3, 0.4) is 0 Å². The number of hydrogen-bond acceptors (Lipinski definition) is 7. The van der Waals surface area contributed by atoms with E-state index in [-0.39, 0.29) is 28.6 Å². The molecule has 206 valence electrons. The maximum Gasteiger partial charge on any atom is 0.416 e. The highest BCUT2D eigenvalue weighted by molar-refractivity contribution is 6.42. The third-order valence-corrected chi connectivity index (χ3v) is 5.97. The zero-order chi connectivity index (χ0) is 29.2. The van der Waals surface area contributed by atoms with E-state index in [0.717, 1.165) is 12.1 Å². The first-order chi connectivity index (χ1) is 18.9. The SMILES string of the molecule is COc1ccc(/C=C2/C(=O)NC(=O)N(c3cc(C(F)(F)F)ccc3Cl)C2=O)c(OCc2cccc([N+](=O)[O-])c2)c1. The maximum atomic E-state index is 13.3. The van der Waals surface area contributed by atoms with Crippen LogP contribution in [0, 0.1) is 10.1 Å². The lowest BCUT2D eigenvalue weighted by Gasteiger charge is -2.27. The average Bonchev–Trinajstić information content (AvgIpc) is 2.90. The van der Waals surface area contributed by atoms with Crippen molar-refractivity contribution < 1.29 is 42.0 Å². The molecule has 3 aromatic carbocycles. The van der Waals surface area contributed by atoms with Gasteiger partial charge in [-0.25, -0.2) is 9.69 Å². The monoisotopic (exact) mass is 575 g/mol. The van der Waals surface area contributed by atoms with Crippen LogP contribution in [0.15, 0.2) is 66.2 Å². The number of nitro groups is 1. The van der Waals surface area contributed by atoms with Crippen molar-refractivity contribution in [1.82, 2.24) is 5.32 Å². The van der Waals surface area contributed by atoms with Crippen LogP contribution in [-0.4, -0.2) is 29.9 Å². The largest absolute Gasteiger partial charge is 0.497 e. The van der Waals surface area contributed by atoms with Gasteiger partial charge in [0.25, 0.3) is 17.5 Å². The normalized spacial score (nSPS) is 14.8. The number of hydrogen-bond donors (Lipinski definition) is 1. The van der Waals surface area contributed by atoms with E-state index in [0.29, 0.717) is 28.3 Å². The van der Waals surface area contributed by atoms with Crippen LogP contribution in [0.1, 0.15) is 16.7 Å². The number of carbonyl (C=O) groups is 3. The topological polar surface area (TPSA) is 128 Å². The van der Waals surface area contributed by atoms with Gasteiger partial charge in [-0.3, -0.25) is 25.0 Å². The van der Waals surface area contributed by atoms with Crippen molar-refractivity contribution in [2.75, 3.05) is 12.0 Å². The molecule has 10 nitrogen and oxygen atoms in total. The molecule has 0 unspecified atom stereocenters. The van der Waals surface area contributed by atoms with Crippen LogP contribution in [0.25, 0.3) is 6.08 Å². The molecule has 0 saturated carbocycles. The lowest BCUT2D eigenvalue weighted by atomic mass is 10.0. The number of anilines is 1. The summed E-state index contributed by atoms with van der Waals surface area (Å²) in [6.07, 6.45) is -3.71. The number of carbonyl (C=O) groups excluding carboxylic acids is 3. The first-order valence-corrected chi connectivity index (χ1v) is 11.6. The predicted molar refractivity (Wildman–Crippen MR) is 136 cm³/mol. The summed E-state index contributed by atoms with van der Waals surface area (Å²) in [6.45, 7) is -0.143. The number of non-ortho nitro benzene ring substituents is 1. The fourth-order valence-corrected chi connectivity index (χ4v) is 3.90. The molecule has 4 amide bonds. The van der Waals surface area contributed by atoms with Crippen molar-refractivity contribution in [1.29, 1.82) is 0 Å². The molecule has 1 saturated heterocycles. The number of imide groups is 2. The van der Waals surface area contributed by atoms with Gasteiger partial charge in [0.2, 0.25) is 0 Å². The van der Waals surface area contributed by atoms with Gasteiger partial charge in [-0.15, -0.1) is 0 Å². The van der Waals surface area contributed by atoms with Gasteiger partial charge < -0.3 is 9.47 Å². The van der Waals surface area contributed by atoms with Gasteiger partial charge in [0.15, 0.2) is 0 Å². The number of barbiturate groups is 1. The number of ether oxygens (including phenoxy) is 2. The third kappa shape index (κ3) is 5.89. The van der Waals surface area contributed by atoms with Crippen LogP contribution < -0.4 is 19.7 Å². The minimum absolute atomic E-state index is 0.0968. The summed E-state index contributed by atoms with van der Waals surface area (Å²) in [5.74, 6) is -1.90. The van der Waals surface area contributed by atoms with Crippen molar-refractivity contribution >= 4 is 46.9 Å². The van der Waals surface area contributed by atoms with Crippen LogP contribution in [-0.2, 0) is 22.4 Å². The van der Waals surface area contributed by atoms with Crippen LogP contribution in [0.4, 0.5) is 29.3 Å². The minimum Gasteiger partial charge on any atom is -0.497 e. The Labute approximate surface area is 228 Å². The molecule has 1 aliphatic heterocycles. The Morgan fingerprint density at radius 2 is 1.82 bits per heavy atom.